The highest BCUT2D eigenvalue weighted by Gasteiger charge is 2.19. The van der Waals surface area contributed by atoms with Gasteiger partial charge in [-0.2, -0.15) is 0 Å². The quantitative estimate of drug-likeness (QED) is 0.846. The summed E-state index contributed by atoms with van der Waals surface area (Å²) in [4.78, 5) is 0.960. The molecule has 0 fully saturated rings. The Morgan fingerprint density at radius 1 is 1.33 bits per heavy atom. The van der Waals surface area contributed by atoms with Crippen LogP contribution in [0.5, 0.6) is 5.75 Å². The average Bonchev–Trinajstić information content (AvgIpc) is 2.59. The molecule has 1 aromatic heterocycles. The third-order valence-corrected chi connectivity index (χ3v) is 3.81. The fourth-order valence-corrected chi connectivity index (χ4v) is 2.65. The van der Waals surface area contributed by atoms with E-state index in [0.29, 0.717) is 0 Å². The van der Waals surface area contributed by atoms with Crippen LogP contribution in [0.15, 0.2) is 24.3 Å². The van der Waals surface area contributed by atoms with Gasteiger partial charge in [0.1, 0.15) is 5.75 Å². The van der Waals surface area contributed by atoms with E-state index in [1.54, 1.807) is 32.3 Å². The summed E-state index contributed by atoms with van der Waals surface area (Å²) >= 11 is 1.58. The van der Waals surface area contributed by atoms with Gasteiger partial charge in [-0.25, -0.2) is 0 Å². The SMILES string of the molecule is COc1cccc2cc(C(C)(C)O)sc12. The van der Waals surface area contributed by atoms with Gasteiger partial charge in [0.15, 0.2) is 0 Å². The van der Waals surface area contributed by atoms with Gasteiger partial charge in [0, 0.05) is 4.88 Å². The van der Waals surface area contributed by atoms with Crippen LogP contribution in [0.4, 0.5) is 0 Å². The van der Waals surface area contributed by atoms with Crippen molar-refractivity contribution in [2.75, 3.05) is 7.11 Å². The van der Waals surface area contributed by atoms with Crippen LogP contribution >= 0.6 is 11.3 Å². The highest BCUT2D eigenvalue weighted by atomic mass is 32.1. The van der Waals surface area contributed by atoms with E-state index in [1.807, 2.05) is 24.3 Å². The lowest BCUT2D eigenvalue weighted by molar-refractivity contribution is 0.0826. The molecule has 2 nitrogen and oxygen atoms in total. The molecule has 2 rings (SSSR count). The van der Waals surface area contributed by atoms with E-state index >= 15 is 0 Å². The Labute approximate surface area is 93.1 Å². The standard InChI is InChI=1S/C12H14O2S/c1-12(2,13)10-7-8-5-4-6-9(14-3)11(8)15-10/h4-7,13H,1-3H3. The minimum absolute atomic E-state index is 0.783. The maximum absolute atomic E-state index is 9.92. The fourth-order valence-electron chi connectivity index (χ4n) is 1.50. The Balaban J connectivity index is 2.65. The average molecular weight is 222 g/mol. The number of methoxy groups -OCH3 is 1. The number of ether oxygens (including phenoxy) is 1. The molecule has 0 saturated carbocycles. The van der Waals surface area contributed by atoms with E-state index in [-0.39, 0.29) is 0 Å². The summed E-state index contributed by atoms with van der Waals surface area (Å²) in [5, 5.41) is 11.0. The van der Waals surface area contributed by atoms with Gasteiger partial charge in [0.25, 0.3) is 0 Å². The lowest BCUT2D eigenvalue weighted by Crippen LogP contribution is -2.12. The van der Waals surface area contributed by atoms with Crippen LogP contribution in [0.25, 0.3) is 10.1 Å². The van der Waals surface area contributed by atoms with E-state index in [1.165, 1.54) is 0 Å². The van der Waals surface area contributed by atoms with Crippen LogP contribution in [0, 0.1) is 0 Å². The second-order valence-electron chi connectivity index (χ2n) is 4.05. The van der Waals surface area contributed by atoms with Crippen molar-refractivity contribution in [3.05, 3.63) is 29.1 Å². The number of hydrogen-bond acceptors (Lipinski definition) is 3. The number of hydrogen-bond donors (Lipinski definition) is 1. The van der Waals surface area contributed by atoms with Crippen molar-refractivity contribution < 1.29 is 9.84 Å². The minimum atomic E-state index is -0.783. The van der Waals surface area contributed by atoms with Crippen molar-refractivity contribution in [2.24, 2.45) is 0 Å². The molecule has 1 heterocycles. The normalized spacial score (nSPS) is 12.0. The Kier molecular flexibility index (Phi) is 2.44. The van der Waals surface area contributed by atoms with Crippen LogP contribution in [0.1, 0.15) is 18.7 Å². The molecule has 0 spiro atoms. The van der Waals surface area contributed by atoms with E-state index in [2.05, 4.69) is 0 Å². The Morgan fingerprint density at radius 3 is 2.67 bits per heavy atom. The summed E-state index contributed by atoms with van der Waals surface area (Å²) in [6, 6.07) is 7.95. The molecule has 1 N–H and O–H groups in total. The zero-order chi connectivity index (χ0) is 11.1. The van der Waals surface area contributed by atoms with Gasteiger partial charge < -0.3 is 9.84 Å². The van der Waals surface area contributed by atoms with Crippen molar-refractivity contribution >= 4 is 21.4 Å². The van der Waals surface area contributed by atoms with Crippen LogP contribution in [-0.2, 0) is 5.60 Å². The van der Waals surface area contributed by atoms with Crippen LogP contribution < -0.4 is 4.74 Å². The third-order valence-electron chi connectivity index (χ3n) is 2.33. The Morgan fingerprint density at radius 2 is 2.07 bits per heavy atom. The second kappa shape index (κ2) is 3.51. The molecule has 0 aliphatic rings. The third kappa shape index (κ3) is 1.85. The second-order valence-corrected chi connectivity index (χ2v) is 5.10. The van der Waals surface area contributed by atoms with Gasteiger partial charge in [0.2, 0.25) is 0 Å². The first-order chi connectivity index (χ1) is 7.02. The summed E-state index contributed by atoms with van der Waals surface area (Å²) in [7, 11) is 1.66. The zero-order valence-corrected chi connectivity index (χ0v) is 9.89. The molecule has 0 unspecified atom stereocenters. The van der Waals surface area contributed by atoms with Crippen molar-refractivity contribution in [1.29, 1.82) is 0 Å². The first-order valence-electron chi connectivity index (χ1n) is 4.82. The summed E-state index contributed by atoms with van der Waals surface area (Å²) in [5.74, 6) is 0.869. The maximum Gasteiger partial charge on any atom is 0.136 e. The van der Waals surface area contributed by atoms with E-state index in [9.17, 15) is 5.11 Å². The maximum atomic E-state index is 9.92. The number of rotatable bonds is 2. The van der Waals surface area contributed by atoms with E-state index in [4.69, 9.17) is 4.74 Å². The molecule has 0 radical (unpaired) electrons. The molecule has 0 bridgehead atoms. The highest BCUT2D eigenvalue weighted by molar-refractivity contribution is 7.19. The largest absolute Gasteiger partial charge is 0.495 e. The van der Waals surface area contributed by atoms with Crippen LogP contribution in [-0.4, -0.2) is 12.2 Å². The highest BCUT2D eigenvalue weighted by Crippen LogP contribution is 2.37. The smallest absolute Gasteiger partial charge is 0.136 e. The first-order valence-corrected chi connectivity index (χ1v) is 5.63. The summed E-state index contributed by atoms with van der Waals surface area (Å²) in [6.45, 7) is 3.59. The summed E-state index contributed by atoms with van der Waals surface area (Å²) in [5.41, 5.74) is -0.783. The van der Waals surface area contributed by atoms with E-state index in [0.717, 1.165) is 20.7 Å². The van der Waals surface area contributed by atoms with Crippen molar-refractivity contribution in [3.8, 4) is 5.75 Å². The predicted molar refractivity (Wildman–Crippen MR) is 63.6 cm³/mol. The first kappa shape index (κ1) is 10.5. The van der Waals surface area contributed by atoms with Gasteiger partial charge in [-0.3, -0.25) is 0 Å². The minimum Gasteiger partial charge on any atom is -0.495 e. The molecule has 0 aliphatic heterocycles. The molecule has 1 aromatic carbocycles. The van der Waals surface area contributed by atoms with Crippen molar-refractivity contribution in [2.45, 2.75) is 19.4 Å². The van der Waals surface area contributed by atoms with Crippen molar-refractivity contribution in [1.82, 2.24) is 0 Å². The topological polar surface area (TPSA) is 29.5 Å². The number of fused-ring (bicyclic) bond motifs is 1. The van der Waals surface area contributed by atoms with Gasteiger partial charge in [-0.05, 0) is 31.4 Å². The lowest BCUT2D eigenvalue weighted by atomic mass is 10.1. The molecule has 80 valence electrons. The predicted octanol–water partition coefficient (Wildman–Crippen LogP) is 3.14. The molecular weight excluding hydrogens is 208 g/mol. The molecule has 15 heavy (non-hydrogen) atoms. The summed E-state index contributed by atoms with van der Waals surface area (Å²) in [6.07, 6.45) is 0. The Hall–Kier alpha value is -1.06. The zero-order valence-electron chi connectivity index (χ0n) is 9.07. The molecule has 0 atom stereocenters. The van der Waals surface area contributed by atoms with Crippen molar-refractivity contribution in [3.63, 3.8) is 0 Å². The van der Waals surface area contributed by atoms with Gasteiger partial charge in [-0.1, -0.05) is 12.1 Å². The monoisotopic (exact) mass is 222 g/mol. The molecule has 0 amide bonds. The number of benzene rings is 1. The van der Waals surface area contributed by atoms with E-state index < -0.39 is 5.60 Å². The number of thiophene rings is 1. The van der Waals surface area contributed by atoms with Crippen LogP contribution in [0.2, 0.25) is 0 Å². The van der Waals surface area contributed by atoms with Gasteiger partial charge >= 0.3 is 0 Å². The van der Waals surface area contributed by atoms with Gasteiger partial charge in [0.05, 0.1) is 17.4 Å². The molecule has 3 heteroatoms. The lowest BCUT2D eigenvalue weighted by Gasteiger charge is -2.13. The molecule has 0 saturated heterocycles. The molecular formula is C12H14O2S. The molecule has 0 aliphatic carbocycles. The van der Waals surface area contributed by atoms with Gasteiger partial charge in [-0.15, -0.1) is 11.3 Å². The Bertz CT molecular complexity index is 480. The molecule has 2 aromatic rings. The fraction of sp³-hybridized carbons (Fsp3) is 0.333. The van der Waals surface area contributed by atoms with Crippen LogP contribution in [0.3, 0.4) is 0 Å². The summed E-state index contributed by atoms with van der Waals surface area (Å²) < 4.78 is 6.38. The number of aliphatic hydroxyl groups is 1.